The first-order chi connectivity index (χ1) is 10.7. The van der Waals surface area contributed by atoms with Gasteiger partial charge in [0, 0.05) is 12.1 Å². The smallest absolute Gasteiger partial charge is 0.358 e. The summed E-state index contributed by atoms with van der Waals surface area (Å²) in [4.78, 5) is 13.5. The minimum absolute atomic E-state index is 0.0331. The van der Waals surface area contributed by atoms with E-state index in [1.54, 1.807) is 12.1 Å². The zero-order valence-corrected chi connectivity index (χ0v) is 12.5. The van der Waals surface area contributed by atoms with Gasteiger partial charge in [-0.15, -0.1) is 10.2 Å². The standard InChI is InChI=1S/C16H17N3O3/c1-11-9-19(10-12-5-3-4-6-14(12)22-11)15-8-7-13(17-18-15)16(20)21-2/h3-8,11H,9-10H2,1-2H3. The minimum Gasteiger partial charge on any atom is -0.489 e. The third-order valence-electron chi connectivity index (χ3n) is 3.51. The summed E-state index contributed by atoms with van der Waals surface area (Å²) in [6.07, 6.45) is 0.0331. The van der Waals surface area contributed by atoms with E-state index in [1.165, 1.54) is 7.11 Å². The molecule has 6 nitrogen and oxygen atoms in total. The molecule has 0 saturated heterocycles. The van der Waals surface area contributed by atoms with Gasteiger partial charge in [-0.3, -0.25) is 0 Å². The molecule has 114 valence electrons. The fourth-order valence-electron chi connectivity index (χ4n) is 2.47. The Balaban J connectivity index is 1.86. The first-order valence-electron chi connectivity index (χ1n) is 7.09. The van der Waals surface area contributed by atoms with Crippen LogP contribution in [-0.4, -0.2) is 35.9 Å². The molecule has 0 fully saturated rings. The van der Waals surface area contributed by atoms with E-state index in [9.17, 15) is 4.79 Å². The predicted molar refractivity (Wildman–Crippen MR) is 81.0 cm³/mol. The second kappa shape index (κ2) is 6.01. The summed E-state index contributed by atoms with van der Waals surface area (Å²) in [5.41, 5.74) is 1.30. The number of methoxy groups -OCH3 is 1. The molecule has 6 heteroatoms. The van der Waals surface area contributed by atoms with Crippen molar-refractivity contribution in [2.75, 3.05) is 18.6 Å². The number of para-hydroxylation sites is 1. The first kappa shape index (κ1) is 14.3. The van der Waals surface area contributed by atoms with Crippen LogP contribution in [0.1, 0.15) is 23.0 Å². The van der Waals surface area contributed by atoms with E-state index in [0.717, 1.165) is 11.3 Å². The van der Waals surface area contributed by atoms with Crippen LogP contribution in [-0.2, 0) is 11.3 Å². The SMILES string of the molecule is COC(=O)c1ccc(N2Cc3ccccc3OC(C)C2)nn1. The molecular weight excluding hydrogens is 282 g/mol. The molecule has 1 aliphatic heterocycles. The quantitative estimate of drug-likeness (QED) is 0.791. The van der Waals surface area contributed by atoms with Crippen molar-refractivity contribution in [3.8, 4) is 5.75 Å². The van der Waals surface area contributed by atoms with Gasteiger partial charge in [0.25, 0.3) is 0 Å². The van der Waals surface area contributed by atoms with Gasteiger partial charge >= 0.3 is 5.97 Å². The number of nitrogens with zero attached hydrogens (tertiary/aromatic N) is 3. The summed E-state index contributed by atoms with van der Waals surface area (Å²) < 4.78 is 10.6. The Morgan fingerprint density at radius 2 is 2.09 bits per heavy atom. The third kappa shape index (κ3) is 2.86. The van der Waals surface area contributed by atoms with Crippen molar-refractivity contribution in [1.29, 1.82) is 0 Å². The van der Waals surface area contributed by atoms with Crippen molar-refractivity contribution in [2.45, 2.75) is 19.6 Å². The summed E-state index contributed by atoms with van der Waals surface area (Å²) >= 11 is 0. The normalized spacial score (nSPS) is 17.2. The van der Waals surface area contributed by atoms with E-state index in [1.807, 2.05) is 31.2 Å². The molecule has 1 aliphatic rings. The van der Waals surface area contributed by atoms with Crippen molar-refractivity contribution in [3.05, 3.63) is 47.7 Å². The molecule has 1 unspecified atom stereocenters. The number of carbonyl (C=O) groups is 1. The molecule has 0 bridgehead atoms. The van der Waals surface area contributed by atoms with Crippen molar-refractivity contribution in [1.82, 2.24) is 10.2 Å². The van der Waals surface area contributed by atoms with E-state index in [-0.39, 0.29) is 11.8 Å². The molecule has 0 aliphatic carbocycles. The summed E-state index contributed by atoms with van der Waals surface area (Å²) in [6.45, 7) is 3.40. The van der Waals surface area contributed by atoms with Gasteiger partial charge in [-0.2, -0.15) is 0 Å². The van der Waals surface area contributed by atoms with Gasteiger partial charge < -0.3 is 14.4 Å². The number of anilines is 1. The second-order valence-electron chi connectivity index (χ2n) is 5.19. The zero-order chi connectivity index (χ0) is 15.5. The number of carbonyl (C=O) groups excluding carboxylic acids is 1. The third-order valence-corrected chi connectivity index (χ3v) is 3.51. The van der Waals surface area contributed by atoms with Gasteiger partial charge in [-0.1, -0.05) is 18.2 Å². The largest absolute Gasteiger partial charge is 0.489 e. The summed E-state index contributed by atoms with van der Waals surface area (Å²) in [7, 11) is 1.32. The number of ether oxygens (including phenoxy) is 2. The average molecular weight is 299 g/mol. The minimum atomic E-state index is -0.489. The van der Waals surface area contributed by atoms with Crippen LogP contribution in [0.15, 0.2) is 36.4 Å². The highest BCUT2D eigenvalue weighted by Crippen LogP contribution is 2.26. The Morgan fingerprint density at radius 3 is 2.82 bits per heavy atom. The topological polar surface area (TPSA) is 64.5 Å². The Morgan fingerprint density at radius 1 is 1.27 bits per heavy atom. The number of fused-ring (bicyclic) bond motifs is 1. The van der Waals surface area contributed by atoms with Crippen molar-refractivity contribution >= 4 is 11.8 Å². The molecule has 2 heterocycles. The van der Waals surface area contributed by atoms with Gasteiger partial charge in [-0.25, -0.2) is 4.79 Å². The molecule has 0 spiro atoms. The van der Waals surface area contributed by atoms with E-state index in [2.05, 4.69) is 19.8 Å². The number of hydrogen-bond acceptors (Lipinski definition) is 6. The molecule has 0 amide bonds. The molecule has 0 N–H and O–H groups in total. The molecule has 0 saturated carbocycles. The molecular formula is C16H17N3O3. The van der Waals surface area contributed by atoms with E-state index in [4.69, 9.17) is 4.74 Å². The van der Waals surface area contributed by atoms with E-state index >= 15 is 0 Å². The Hall–Kier alpha value is -2.63. The van der Waals surface area contributed by atoms with Gasteiger partial charge in [0.1, 0.15) is 11.9 Å². The van der Waals surface area contributed by atoms with E-state index in [0.29, 0.717) is 18.9 Å². The van der Waals surface area contributed by atoms with Crippen LogP contribution >= 0.6 is 0 Å². The van der Waals surface area contributed by atoms with Crippen LogP contribution in [0.3, 0.4) is 0 Å². The van der Waals surface area contributed by atoms with Crippen molar-refractivity contribution in [3.63, 3.8) is 0 Å². The van der Waals surface area contributed by atoms with Crippen LogP contribution in [0.4, 0.5) is 5.82 Å². The van der Waals surface area contributed by atoms with Gasteiger partial charge in [0.15, 0.2) is 11.5 Å². The predicted octanol–water partition coefficient (Wildman–Crippen LogP) is 2.05. The van der Waals surface area contributed by atoms with Crippen molar-refractivity contribution < 1.29 is 14.3 Å². The van der Waals surface area contributed by atoms with Gasteiger partial charge in [0.05, 0.1) is 13.7 Å². The lowest BCUT2D eigenvalue weighted by molar-refractivity contribution is 0.0592. The van der Waals surface area contributed by atoms with E-state index < -0.39 is 5.97 Å². The molecule has 1 atom stereocenters. The maximum absolute atomic E-state index is 11.4. The Labute approximate surface area is 128 Å². The molecule has 3 rings (SSSR count). The molecule has 22 heavy (non-hydrogen) atoms. The summed E-state index contributed by atoms with van der Waals surface area (Å²) in [5.74, 6) is 1.12. The number of benzene rings is 1. The number of aromatic nitrogens is 2. The number of esters is 1. The maximum atomic E-state index is 11.4. The molecule has 1 aromatic carbocycles. The van der Waals surface area contributed by atoms with Gasteiger partial charge in [0.2, 0.25) is 0 Å². The van der Waals surface area contributed by atoms with Crippen LogP contribution in [0.5, 0.6) is 5.75 Å². The highest BCUT2D eigenvalue weighted by molar-refractivity contribution is 5.86. The number of rotatable bonds is 2. The van der Waals surface area contributed by atoms with Crippen LogP contribution < -0.4 is 9.64 Å². The zero-order valence-electron chi connectivity index (χ0n) is 12.5. The van der Waals surface area contributed by atoms with Gasteiger partial charge in [-0.05, 0) is 25.1 Å². The summed E-state index contributed by atoms with van der Waals surface area (Å²) in [5, 5.41) is 8.07. The average Bonchev–Trinajstić information content (AvgIpc) is 2.72. The summed E-state index contributed by atoms with van der Waals surface area (Å²) in [6, 6.07) is 11.4. The van der Waals surface area contributed by atoms with Crippen LogP contribution in [0, 0.1) is 0 Å². The molecule has 0 radical (unpaired) electrons. The Kier molecular flexibility index (Phi) is 3.91. The number of hydrogen-bond donors (Lipinski definition) is 0. The molecule has 1 aromatic heterocycles. The Bertz CT molecular complexity index is 673. The monoisotopic (exact) mass is 299 g/mol. The fraction of sp³-hybridized carbons (Fsp3) is 0.312. The maximum Gasteiger partial charge on any atom is 0.358 e. The highest BCUT2D eigenvalue weighted by Gasteiger charge is 2.21. The lowest BCUT2D eigenvalue weighted by Crippen LogP contribution is -2.31. The molecule has 2 aromatic rings. The fourth-order valence-corrected chi connectivity index (χ4v) is 2.47. The second-order valence-corrected chi connectivity index (χ2v) is 5.19. The lowest BCUT2D eigenvalue weighted by atomic mass is 10.2. The highest BCUT2D eigenvalue weighted by atomic mass is 16.5. The lowest BCUT2D eigenvalue weighted by Gasteiger charge is -2.22. The first-order valence-corrected chi connectivity index (χ1v) is 7.09. The van der Waals surface area contributed by atoms with Crippen LogP contribution in [0.2, 0.25) is 0 Å². The van der Waals surface area contributed by atoms with Crippen LogP contribution in [0.25, 0.3) is 0 Å². The van der Waals surface area contributed by atoms with Crippen molar-refractivity contribution in [2.24, 2.45) is 0 Å².